The Labute approximate surface area is 216 Å². The number of aliphatic imine (C=N–C) groups is 1. The molecule has 1 atom stereocenters. The van der Waals surface area contributed by atoms with Gasteiger partial charge in [0.2, 0.25) is 0 Å². The van der Waals surface area contributed by atoms with Crippen molar-refractivity contribution in [1.29, 1.82) is 0 Å². The molecule has 0 spiro atoms. The Morgan fingerprint density at radius 1 is 1.09 bits per heavy atom. The molecule has 1 unspecified atom stereocenters. The minimum atomic E-state index is 0. The van der Waals surface area contributed by atoms with Gasteiger partial charge in [-0.3, -0.25) is 4.99 Å². The first-order chi connectivity index (χ1) is 15.6. The number of nitrogens with one attached hydrogen (secondary N) is 2. The van der Waals surface area contributed by atoms with Crippen LogP contribution in [0.2, 0.25) is 0 Å². The summed E-state index contributed by atoms with van der Waals surface area (Å²) in [6.45, 7) is 9.77. The summed E-state index contributed by atoms with van der Waals surface area (Å²) in [4.78, 5) is 14.0. The van der Waals surface area contributed by atoms with E-state index in [1.807, 2.05) is 13.2 Å². The van der Waals surface area contributed by atoms with E-state index in [9.17, 15) is 0 Å². The fourth-order valence-electron chi connectivity index (χ4n) is 4.58. The summed E-state index contributed by atoms with van der Waals surface area (Å²) in [7, 11) is 1.82. The van der Waals surface area contributed by atoms with Crippen LogP contribution in [0.1, 0.15) is 56.7 Å². The fraction of sp³-hybridized carbons (Fsp3) is 0.538. The lowest BCUT2D eigenvalue weighted by Crippen LogP contribution is -2.38. The zero-order valence-electron chi connectivity index (χ0n) is 20.3. The van der Waals surface area contributed by atoms with E-state index in [1.54, 1.807) is 0 Å². The van der Waals surface area contributed by atoms with Crippen molar-refractivity contribution in [2.45, 2.75) is 52.1 Å². The van der Waals surface area contributed by atoms with Gasteiger partial charge in [-0.15, -0.1) is 24.0 Å². The SMILES string of the molecule is CN=C(NCc1ccc(N2CCC(C)CC2)nc1)NC(C)c1cccc(N2CCCC2)c1.I. The molecule has 2 fully saturated rings. The molecule has 33 heavy (non-hydrogen) atoms. The number of aromatic nitrogens is 1. The topological polar surface area (TPSA) is 55.8 Å². The van der Waals surface area contributed by atoms with Crippen LogP contribution in [0.15, 0.2) is 47.6 Å². The van der Waals surface area contributed by atoms with Crippen LogP contribution in [0.3, 0.4) is 0 Å². The van der Waals surface area contributed by atoms with E-state index in [0.717, 1.165) is 49.4 Å². The molecule has 1 aromatic heterocycles. The zero-order valence-corrected chi connectivity index (χ0v) is 22.6. The molecule has 2 aromatic rings. The van der Waals surface area contributed by atoms with Gasteiger partial charge in [-0.2, -0.15) is 0 Å². The maximum Gasteiger partial charge on any atom is 0.191 e. The van der Waals surface area contributed by atoms with Gasteiger partial charge in [0, 0.05) is 51.7 Å². The quantitative estimate of drug-likeness (QED) is 0.296. The minimum absolute atomic E-state index is 0. The molecule has 3 heterocycles. The van der Waals surface area contributed by atoms with E-state index in [1.165, 1.54) is 36.9 Å². The van der Waals surface area contributed by atoms with Crippen LogP contribution >= 0.6 is 24.0 Å². The summed E-state index contributed by atoms with van der Waals surface area (Å²) in [5.74, 6) is 2.73. The Hall–Kier alpha value is -2.03. The highest BCUT2D eigenvalue weighted by atomic mass is 127. The van der Waals surface area contributed by atoms with E-state index in [4.69, 9.17) is 4.98 Å². The van der Waals surface area contributed by atoms with Crippen molar-refractivity contribution in [1.82, 2.24) is 15.6 Å². The fourth-order valence-corrected chi connectivity index (χ4v) is 4.58. The average molecular weight is 563 g/mol. The number of piperidine rings is 1. The number of guanidine groups is 1. The van der Waals surface area contributed by atoms with Crippen LogP contribution in [0.25, 0.3) is 0 Å². The molecule has 180 valence electrons. The van der Waals surface area contributed by atoms with Crippen LogP contribution in [0.5, 0.6) is 0 Å². The Morgan fingerprint density at radius 2 is 1.85 bits per heavy atom. The summed E-state index contributed by atoms with van der Waals surface area (Å²) in [5, 5.41) is 6.97. The number of nitrogens with zero attached hydrogens (tertiary/aromatic N) is 4. The summed E-state index contributed by atoms with van der Waals surface area (Å²) in [6, 6.07) is 13.4. The lowest BCUT2D eigenvalue weighted by molar-refractivity contribution is 0.436. The van der Waals surface area contributed by atoms with Gasteiger partial charge in [0.15, 0.2) is 5.96 Å². The van der Waals surface area contributed by atoms with E-state index in [2.05, 4.69) is 75.7 Å². The second kappa shape index (κ2) is 12.4. The van der Waals surface area contributed by atoms with E-state index < -0.39 is 0 Å². The van der Waals surface area contributed by atoms with Gasteiger partial charge in [0.25, 0.3) is 0 Å². The van der Waals surface area contributed by atoms with Crippen molar-refractivity contribution in [3.05, 3.63) is 53.7 Å². The summed E-state index contributed by atoms with van der Waals surface area (Å²) >= 11 is 0. The highest BCUT2D eigenvalue weighted by molar-refractivity contribution is 14.0. The minimum Gasteiger partial charge on any atom is -0.372 e. The molecule has 0 bridgehead atoms. The number of halogens is 1. The molecule has 1 aromatic carbocycles. The van der Waals surface area contributed by atoms with E-state index in [-0.39, 0.29) is 30.0 Å². The van der Waals surface area contributed by atoms with Crippen LogP contribution in [0, 0.1) is 5.92 Å². The monoisotopic (exact) mass is 562 g/mol. The van der Waals surface area contributed by atoms with Gasteiger partial charge >= 0.3 is 0 Å². The number of hydrogen-bond donors (Lipinski definition) is 2. The van der Waals surface area contributed by atoms with Crippen molar-refractivity contribution >= 4 is 41.4 Å². The highest BCUT2D eigenvalue weighted by Gasteiger charge is 2.17. The number of pyridine rings is 1. The Morgan fingerprint density at radius 3 is 2.52 bits per heavy atom. The van der Waals surface area contributed by atoms with Crippen LogP contribution in [-0.4, -0.2) is 44.2 Å². The predicted molar refractivity (Wildman–Crippen MR) is 150 cm³/mol. The Balaban J connectivity index is 0.00000306. The van der Waals surface area contributed by atoms with Gasteiger partial charge < -0.3 is 20.4 Å². The van der Waals surface area contributed by atoms with Crippen molar-refractivity contribution in [2.24, 2.45) is 10.9 Å². The smallest absolute Gasteiger partial charge is 0.191 e. The van der Waals surface area contributed by atoms with E-state index in [0.29, 0.717) is 6.54 Å². The summed E-state index contributed by atoms with van der Waals surface area (Å²) < 4.78 is 0. The molecule has 0 radical (unpaired) electrons. The molecule has 2 aliphatic heterocycles. The molecular formula is C26H39IN6. The summed E-state index contributed by atoms with van der Waals surface area (Å²) in [6.07, 6.45) is 7.08. The first-order valence-corrected chi connectivity index (χ1v) is 12.1. The van der Waals surface area contributed by atoms with Crippen molar-refractivity contribution in [3.8, 4) is 0 Å². The number of hydrogen-bond acceptors (Lipinski definition) is 4. The van der Waals surface area contributed by atoms with Gasteiger partial charge in [-0.05, 0) is 67.9 Å². The largest absolute Gasteiger partial charge is 0.372 e. The van der Waals surface area contributed by atoms with Crippen LogP contribution in [-0.2, 0) is 6.54 Å². The molecule has 0 saturated carbocycles. The van der Waals surface area contributed by atoms with Crippen molar-refractivity contribution in [3.63, 3.8) is 0 Å². The zero-order chi connectivity index (χ0) is 22.3. The van der Waals surface area contributed by atoms with Gasteiger partial charge in [0.1, 0.15) is 5.82 Å². The second-order valence-corrected chi connectivity index (χ2v) is 9.28. The summed E-state index contributed by atoms with van der Waals surface area (Å²) in [5.41, 5.74) is 3.76. The number of benzene rings is 1. The van der Waals surface area contributed by atoms with Gasteiger partial charge in [-0.1, -0.05) is 25.1 Å². The first-order valence-electron chi connectivity index (χ1n) is 12.1. The molecule has 4 rings (SSSR count). The maximum absolute atomic E-state index is 4.71. The number of rotatable bonds is 6. The third-order valence-corrected chi connectivity index (χ3v) is 6.79. The first kappa shape index (κ1) is 25.6. The predicted octanol–water partition coefficient (Wildman–Crippen LogP) is 4.96. The Bertz CT molecular complexity index is 886. The average Bonchev–Trinajstić information content (AvgIpc) is 3.38. The lowest BCUT2D eigenvalue weighted by Gasteiger charge is -2.31. The molecule has 2 saturated heterocycles. The van der Waals surface area contributed by atoms with E-state index >= 15 is 0 Å². The molecule has 0 aliphatic carbocycles. The number of anilines is 2. The molecule has 0 amide bonds. The van der Waals surface area contributed by atoms with Crippen molar-refractivity contribution in [2.75, 3.05) is 43.0 Å². The third-order valence-electron chi connectivity index (χ3n) is 6.79. The highest BCUT2D eigenvalue weighted by Crippen LogP contribution is 2.24. The van der Waals surface area contributed by atoms with Gasteiger partial charge in [-0.25, -0.2) is 4.98 Å². The van der Waals surface area contributed by atoms with Gasteiger partial charge in [0.05, 0.1) is 6.04 Å². The molecule has 7 heteroatoms. The maximum atomic E-state index is 4.71. The van der Waals surface area contributed by atoms with Crippen molar-refractivity contribution < 1.29 is 0 Å². The molecule has 2 aliphatic rings. The normalized spacial score (nSPS) is 18.1. The van der Waals surface area contributed by atoms with Crippen LogP contribution in [0.4, 0.5) is 11.5 Å². The third kappa shape index (κ3) is 6.98. The molecular weight excluding hydrogens is 523 g/mol. The standard InChI is InChI=1S/C26H38N6.HI/c1-20-11-15-32(16-12-20)25-10-9-22(18-28-25)19-29-26(27-3)30-21(2)23-7-6-8-24(17-23)31-13-4-5-14-31;/h6-10,17-18,20-21H,4-5,11-16,19H2,1-3H3,(H2,27,29,30);1H. The molecule has 6 nitrogen and oxygen atoms in total. The van der Waals surface area contributed by atoms with Crippen LogP contribution < -0.4 is 20.4 Å². The Kier molecular flexibility index (Phi) is 9.64. The lowest BCUT2D eigenvalue weighted by atomic mass is 9.99. The second-order valence-electron chi connectivity index (χ2n) is 9.28. The molecule has 2 N–H and O–H groups in total.